The molecule has 0 saturated heterocycles. The minimum absolute atomic E-state index is 0.168. The molecule has 0 fully saturated rings. The van der Waals surface area contributed by atoms with Gasteiger partial charge in [0.25, 0.3) is 0 Å². The first-order chi connectivity index (χ1) is 21.3. The van der Waals surface area contributed by atoms with Crippen LogP contribution in [0.25, 0.3) is 0 Å². The lowest BCUT2D eigenvalue weighted by Crippen LogP contribution is -2.22. The highest BCUT2D eigenvalue weighted by atomic mass is 16.1. The zero-order chi connectivity index (χ0) is 32.3. The number of carbonyl (C=O) groups excluding carboxylic acids is 2. The van der Waals surface area contributed by atoms with Crippen molar-refractivity contribution < 1.29 is 9.59 Å². The number of rotatable bonds is 24. The molecule has 0 aliphatic carbocycles. The van der Waals surface area contributed by atoms with Crippen LogP contribution in [0.3, 0.4) is 0 Å². The molecule has 2 heteroatoms. The van der Waals surface area contributed by atoms with E-state index in [0.29, 0.717) is 18.6 Å². The Hall–Kier alpha value is -2.48. The maximum Gasteiger partial charge on any atom is 0.155 e. The number of hydrogen-bond acceptors (Lipinski definition) is 2. The van der Waals surface area contributed by atoms with Crippen LogP contribution in [0.4, 0.5) is 0 Å². The molecular weight excluding hydrogens is 536 g/mol. The fourth-order valence-corrected chi connectivity index (χ4v) is 5.82. The van der Waals surface area contributed by atoms with Gasteiger partial charge in [0.2, 0.25) is 0 Å². The van der Waals surface area contributed by atoms with Gasteiger partial charge in [0.05, 0.1) is 0 Å². The molecule has 0 aromatic heterocycles. The summed E-state index contributed by atoms with van der Waals surface area (Å²) in [6.07, 6.45) is 25.9. The van der Waals surface area contributed by atoms with Gasteiger partial charge in [-0.15, -0.1) is 0 Å². The molecule has 0 spiro atoms. The summed E-state index contributed by atoms with van der Waals surface area (Å²) in [5, 5.41) is 0. The van der Waals surface area contributed by atoms with Crippen LogP contribution in [0.5, 0.6) is 0 Å². The van der Waals surface area contributed by atoms with Crippen LogP contribution >= 0.6 is 0 Å². The smallest absolute Gasteiger partial charge is 0.155 e. The van der Waals surface area contributed by atoms with Gasteiger partial charge >= 0.3 is 0 Å². The van der Waals surface area contributed by atoms with E-state index in [1.165, 1.54) is 100 Å². The molecule has 246 valence electrons. The Morgan fingerprint density at radius 2 is 1.09 bits per heavy atom. The lowest BCUT2D eigenvalue weighted by molar-refractivity contribution is -0.121. The number of carbonyl (C=O) groups is 2. The third-order valence-electron chi connectivity index (χ3n) is 8.92. The molecule has 2 rings (SSSR count). The molecule has 0 aliphatic rings. The maximum absolute atomic E-state index is 12.2. The van der Waals surface area contributed by atoms with Crippen molar-refractivity contribution in [1.82, 2.24) is 0 Å². The van der Waals surface area contributed by atoms with E-state index >= 15 is 0 Å². The standard InChI is InChI=1S/C28H48O.C14H18O/c1-4-6-7-8-9-10-11-12-13-14-15-19-23-28(3,25-27(29)5-2)24-22-26-20-17-16-18-21-26;1-3-14(15)11-12(2)9-10-13-7-5-4-6-8-13/h16-18,20-21H,4-15,19,22-25H2,1-3H3;4-8,11H,3,9-10H2,1-2H3/b;12-11+/t28-;/m0./s1. The molecule has 2 nitrogen and oxygen atoms in total. The van der Waals surface area contributed by atoms with Gasteiger partial charge in [-0.25, -0.2) is 0 Å². The number of ketones is 2. The van der Waals surface area contributed by atoms with Crippen molar-refractivity contribution in [2.45, 2.75) is 163 Å². The predicted octanol–water partition coefficient (Wildman–Crippen LogP) is 12.6. The predicted molar refractivity (Wildman–Crippen MR) is 192 cm³/mol. The summed E-state index contributed by atoms with van der Waals surface area (Å²) in [7, 11) is 0. The van der Waals surface area contributed by atoms with Crippen molar-refractivity contribution in [3.8, 4) is 0 Å². The third kappa shape index (κ3) is 21.3. The molecule has 2 aromatic carbocycles. The molecule has 0 unspecified atom stereocenters. The summed E-state index contributed by atoms with van der Waals surface area (Å²) in [5.41, 5.74) is 4.07. The Kier molecular flexibility index (Phi) is 23.2. The number of benzene rings is 2. The van der Waals surface area contributed by atoms with Crippen LogP contribution in [-0.4, -0.2) is 11.6 Å². The Balaban J connectivity index is 0.000000539. The zero-order valence-electron chi connectivity index (χ0n) is 29.3. The highest BCUT2D eigenvalue weighted by Gasteiger charge is 2.26. The Morgan fingerprint density at radius 1 is 0.614 bits per heavy atom. The number of unbranched alkanes of at least 4 members (excludes halogenated alkanes) is 11. The van der Waals surface area contributed by atoms with Crippen molar-refractivity contribution in [2.24, 2.45) is 5.41 Å². The van der Waals surface area contributed by atoms with E-state index in [2.05, 4.69) is 56.3 Å². The molecule has 2 aromatic rings. The molecular formula is C42H66O2. The van der Waals surface area contributed by atoms with E-state index in [1.54, 1.807) is 6.08 Å². The van der Waals surface area contributed by atoms with Crippen molar-refractivity contribution in [2.75, 3.05) is 0 Å². The molecule has 1 atom stereocenters. The maximum atomic E-state index is 12.2. The van der Waals surface area contributed by atoms with Gasteiger partial charge in [-0.2, -0.15) is 0 Å². The molecule has 0 N–H and O–H groups in total. The van der Waals surface area contributed by atoms with Crippen molar-refractivity contribution in [3.05, 3.63) is 83.4 Å². The molecule has 44 heavy (non-hydrogen) atoms. The van der Waals surface area contributed by atoms with Crippen LogP contribution in [0, 0.1) is 5.41 Å². The van der Waals surface area contributed by atoms with Crippen LogP contribution < -0.4 is 0 Å². The molecule has 0 amide bonds. The van der Waals surface area contributed by atoms with E-state index in [1.807, 2.05) is 39.0 Å². The van der Waals surface area contributed by atoms with Gasteiger partial charge in [0.1, 0.15) is 5.78 Å². The van der Waals surface area contributed by atoms with E-state index in [0.717, 1.165) is 32.1 Å². The summed E-state index contributed by atoms with van der Waals surface area (Å²) < 4.78 is 0. The Bertz CT molecular complexity index is 1010. The molecule has 0 heterocycles. The second kappa shape index (κ2) is 25.8. The quantitative estimate of drug-likeness (QED) is 0.0884. The van der Waals surface area contributed by atoms with Crippen molar-refractivity contribution in [1.29, 1.82) is 0 Å². The summed E-state index contributed by atoms with van der Waals surface area (Å²) in [6, 6.07) is 21.1. The largest absolute Gasteiger partial charge is 0.300 e. The van der Waals surface area contributed by atoms with Crippen LogP contribution in [-0.2, 0) is 22.4 Å². The lowest BCUT2D eigenvalue weighted by Gasteiger charge is -2.29. The Morgan fingerprint density at radius 3 is 1.57 bits per heavy atom. The summed E-state index contributed by atoms with van der Waals surface area (Å²) in [4.78, 5) is 23.3. The van der Waals surface area contributed by atoms with Gasteiger partial charge < -0.3 is 0 Å². The topological polar surface area (TPSA) is 34.1 Å². The third-order valence-corrected chi connectivity index (χ3v) is 8.92. The molecule has 0 saturated carbocycles. The second-order valence-electron chi connectivity index (χ2n) is 13.3. The molecule has 0 aliphatic heterocycles. The SMILES string of the molecule is CCC(=O)/C=C(\C)CCc1ccccc1.CCCCCCCCCCCCCC[C@@](C)(CCc1ccccc1)CC(=O)CC. The summed E-state index contributed by atoms with van der Waals surface area (Å²) in [6.45, 7) is 10.6. The van der Waals surface area contributed by atoms with Crippen LogP contribution in [0.2, 0.25) is 0 Å². The summed E-state index contributed by atoms with van der Waals surface area (Å²) in [5.74, 6) is 0.653. The van der Waals surface area contributed by atoms with Crippen LogP contribution in [0.15, 0.2) is 72.3 Å². The van der Waals surface area contributed by atoms with Crippen LogP contribution in [0.1, 0.15) is 161 Å². The monoisotopic (exact) mass is 603 g/mol. The fourth-order valence-electron chi connectivity index (χ4n) is 5.82. The first-order valence-electron chi connectivity index (χ1n) is 18.1. The van der Waals surface area contributed by atoms with E-state index < -0.39 is 0 Å². The highest BCUT2D eigenvalue weighted by Crippen LogP contribution is 2.35. The number of aryl methyl sites for hydroxylation is 2. The highest BCUT2D eigenvalue weighted by molar-refractivity contribution is 5.89. The lowest BCUT2D eigenvalue weighted by atomic mass is 9.75. The average molecular weight is 603 g/mol. The average Bonchev–Trinajstić information content (AvgIpc) is 3.04. The van der Waals surface area contributed by atoms with E-state index in [4.69, 9.17) is 0 Å². The Labute approximate surface area is 272 Å². The van der Waals surface area contributed by atoms with Gasteiger partial charge in [0.15, 0.2) is 5.78 Å². The van der Waals surface area contributed by atoms with Gasteiger partial charge in [-0.3, -0.25) is 9.59 Å². The normalized spacial score (nSPS) is 12.7. The van der Waals surface area contributed by atoms with Gasteiger partial charge in [-0.05, 0) is 61.6 Å². The van der Waals surface area contributed by atoms with Gasteiger partial charge in [-0.1, -0.05) is 171 Å². The van der Waals surface area contributed by atoms with Crippen molar-refractivity contribution >= 4 is 11.6 Å². The summed E-state index contributed by atoms with van der Waals surface area (Å²) >= 11 is 0. The molecule has 0 radical (unpaired) electrons. The minimum Gasteiger partial charge on any atom is -0.300 e. The van der Waals surface area contributed by atoms with Gasteiger partial charge in [0, 0.05) is 19.3 Å². The van der Waals surface area contributed by atoms with E-state index in [9.17, 15) is 9.59 Å². The number of allylic oxidation sites excluding steroid dienone is 2. The first-order valence-corrected chi connectivity index (χ1v) is 18.1. The second-order valence-corrected chi connectivity index (χ2v) is 13.3. The van der Waals surface area contributed by atoms with E-state index in [-0.39, 0.29) is 11.2 Å². The minimum atomic E-state index is 0.168. The van der Waals surface area contributed by atoms with Crippen molar-refractivity contribution in [3.63, 3.8) is 0 Å². The number of Topliss-reactive ketones (excluding diaryl/α,β-unsaturated/α-hetero) is 1. The molecule has 0 bridgehead atoms. The fraction of sp³-hybridized carbons (Fsp3) is 0.619. The first kappa shape index (κ1) is 39.5. The number of hydrogen-bond donors (Lipinski definition) is 0. The zero-order valence-corrected chi connectivity index (χ0v) is 29.3.